The predicted octanol–water partition coefficient (Wildman–Crippen LogP) is 3.15. The van der Waals surface area contributed by atoms with Crippen LogP contribution >= 0.6 is 0 Å². The number of rotatable bonds is 3. The SMILES string of the molecule is CN(C(=O)c1cccc(F)c1F)c1ccc([N+](=O)[O-])cc1. The molecule has 21 heavy (non-hydrogen) atoms. The van der Waals surface area contributed by atoms with Crippen LogP contribution in [0.15, 0.2) is 42.5 Å². The summed E-state index contributed by atoms with van der Waals surface area (Å²) in [4.78, 5) is 23.2. The maximum atomic E-state index is 13.6. The number of halogens is 2. The second-order valence-electron chi connectivity index (χ2n) is 4.24. The van der Waals surface area contributed by atoms with Gasteiger partial charge in [0.25, 0.3) is 11.6 Å². The highest BCUT2D eigenvalue weighted by molar-refractivity contribution is 6.05. The van der Waals surface area contributed by atoms with Crippen molar-refractivity contribution in [2.45, 2.75) is 0 Å². The molecule has 0 saturated carbocycles. The molecule has 0 spiro atoms. The lowest BCUT2D eigenvalue weighted by molar-refractivity contribution is -0.384. The minimum absolute atomic E-state index is 0.128. The van der Waals surface area contributed by atoms with Gasteiger partial charge in [0.1, 0.15) is 0 Å². The van der Waals surface area contributed by atoms with Crippen LogP contribution in [0.5, 0.6) is 0 Å². The van der Waals surface area contributed by atoms with E-state index in [0.717, 1.165) is 11.0 Å². The number of carbonyl (C=O) groups excluding carboxylic acids is 1. The van der Waals surface area contributed by atoms with Crippen LogP contribution in [-0.4, -0.2) is 17.9 Å². The first-order chi connectivity index (χ1) is 9.91. The van der Waals surface area contributed by atoms with Crippen molar-refractivity contribution in [1.82, 2.24) is 0 Å². The summed E-state index contributed by atoms with van der Waals surface area (Å²) in [6.07, 6.45) is 0. The molecule has 0 aliphatic carbocycles. The van der Waals surface area contributed by atoms with Gasteiger partial charge in [0.15, 0.2) is 11.6 Å². The number of anilines is 1. The second kappa shape index (κ2) is 5.66. The largest absolute Gasteiger partial charge is 0.311 e. The summed E-state index contributed by atoms with van der Waals surface area (Å²) >= 11 is 0. The standard InChI is InChI=1S/C14H10F2N2O3/c1-17(9-5-7-10(8-6-9)18(20)21)14(19)11-3-2-4-12(15)13(11)16/h2-8H,1H3. The zero-order valence-corrected chi connectivity index (χ0v) is 10.9. The maximum absolute atomic E-state index is 13.6. The van der Waals surface area contributed by atoms with E-state index in [4.69, 9.17) is 0 Å². The quantitative estimate of drug-likeness (QED) is 0.645. The first-order valence-electron chi connectivity index (χ1n) is 5.88. The van der Waals surface area contributed by atoms with E-state index in [1.54, 1.807) is 0 Å². The minimum Gasteiger partial charge on any atom is -0.311 e. The summed E-state index contributed by atoms with van der Waals surface area (Å²) in [5, 5.41) is 10.6. The van der Waals surface area contributed by atoms with Crippen molar-refractivity contribution in [2.24, 2.45) is 0 Å². The number of benzene rings is 2. The van der Waals surface area contributed by atoms with E-state index >= 15 is 0 Å². The van der Waals surface area contributed by atoms with Crippen LogP contribution in [-0.2, 0) is 0 Å². The normalized spacial score (nSPS) is 10.2. The van der Waals surface area contributed by atoms with E-state index in [2.05, 4.69) is 0 Å². The number of nitrogens with zero attached hydrogens (tertiary/aromatic N) is 2. The van der Waals surface area contributed by atoms with E-state index in [9.17, 15) is 23.7 Å². The third kappa shape index (κ3) is 2.86. The van der Waals surface area contributed by atoms with Gasteiger partial charge in [-0.15, -0.1) is 0 Å². The highest BCUT2D eigenvalue weighted by Crippen LogP contribution is 2.21. The lowest BCUT2D eigenvalue weighted by Gasteiger charge is -2.17. The number of nitro groups is 1. The lowest BCUT2D eigenvalue weighted by atomic mass is 10.1. The average Bonchev–Trinajstić information content (AvgIpc) is 2.48. The fourth-order valence-corrected chi connectivity index (χ4v) is 1.76. The molecule has 7 heteroatoms. The molecule has 2 rings (SSSR count). The summed E-state index contributed by atoms with van der Waals surface area (Å²) in [5.74, 6) is -3.09. The summed E-state index contributed by atoms with van der Waals surface area (Å²) in [7, 11) is 1.37. The molecule has 108 valence electrons. The van der Waals surface area contributed by atoms with Crippen molar-refractivity contribution < 1.29 is 18.5 Å². The third-order valence-electron chi connectivity index (χ3n) is 2.93. The van der Waals surface area contributed by atoms with Gasteiger partial charge in [-0.2, -0.15) is 0 Å². The van der Waals surface area contributed by atoms with E-state index in [0.29, 0.717) is 5.69 Å². The van der Waals surface area contributed by atoms with Crippen LogP contribution in [0.1, 0.15) is 10.4 Å². The Morgan fingerprint density at radius 3 is 2.33 bits per heavy atom. The highest BCUT2D eigenvalue weighted by atomic mass is 19.2. The summed E-state index contributed by atoms with van der Waals surface area (Å²) in [6, 6.07) is 8.47. The van der Waals surface area contributed by atoms with Crippen molar-refractivity contribution in [2.75, 3.05) is 11.9 Å². The first-order valence-corrected chi connectivity index (χ1v) is 5.88. The number of hydrogen-bond acceptors (Lipinski definition) is 3. The van der Waals surface area contributed by atoms with Crippen LogP contribution in [0.4, 0.5) is 20.2 Å². The maximum Gasteiger partial charge on any atom is 0.269 e. The topological polar surface area (TPSA) is 63.5 Å². The number of amides is 1. The van der Waals surface area contributed by atoms with E-state index in [1.165, 1.54) is 43.4 Å². The van der Waals surface area contributed by atoms with E-state index in [-0.39, 0.29) is 5.69 Å². The van der Waals surface area contributed by atoms with Crippen molar-refractivity contribution in [3.8, 4) is 0 Å². The van der Waals surface area contributed by atoms with Gasteiger partial charge in [0, 0.05) is 24.9 Å². The molecule has 1 amide bonds. The van der Waals surface area contributed by atoms with E-state index < -0.39 is 28.0 Å². The molecule has 0 aromatic heterocycles. The van der Waals surface area contributed by atoms with Crippen LogP contribution in [0.3, 0.4) is 0 Å². The zero-order valence-electron chi connectivity index (χ0n) is 10.9. The Hall–Kier alpha value is -2.83. The molecule has 0 aliphatic rings. The molecule has 0 heterocycles. The van der Waals surface area contributed by atoms with Crippen LogP contribution < -0.4 is 4.90 Å². The molecule has 0 bridgehead atoms. The van der Waals surface area contributed by atoms with Gasteiger partial charge in [-0.3, -0.25) is 14.9 Å². The monoisotopic (exact) mass is 292 g/mol. The fraction of sp³-hybridized carbons (Fsp3) is 0.0714. The number of hydrogen-bond donors (Lipinski definition) is 0. The zero-order chi connectivity index (χ0) is 15.6. The van der Waals surface area contributed by atoms with Gasteiger partial charge < -0.3 is 4.90 Å². The van der Waals surface area contributed by atoms with E-state index in [1.807, 2.05) is 0 Å². The van der Waals surface area contributed by atoms with Gasteiger partial charge in [-0.1, -0.05) is 6.07 Å². The molecule has 0 atom stereocenters. The molecule has 2 aromatic rings. The Bertz CT molecular complexity index is 702. The summed E-state index contributed by atoms with van der Waals surface area (Å²) in [5.41, 5.74) is -0.207. The van der Waals surface area contributed by atoms with Gasteiger partial charge in [0.05, 0.1) is 10.5 Å². The smallest absolute Gasteiger partial charge is 0.269 e. The molecule has 0 saturated heterocycles. The molecule has 2 aromatic carbocycles. The number of nitro benzene ring substituents is 1. The van der Waals surface area contributed by atoms with Crippen LogP contribution in [0.25, 0.3) is 0 Å². The van der Waals surface area contributed by atoms with Crippen molar-refractivity contribution in [3.63, 3.8) is 0 Å². The fourth-order valence-electron chi connectivity index (χ4n) is 1.76. The van der Waals surface area contributed by atoms with Gasteiger partial charge in [0.2, 0.25) is 0 Å². The molecule has 0 radical (unpaired) electrons. The number of non-ortho nitro benzene ring substituents is 1. The van der Waals surface area contributed by atoms with Crippen molar-refractivity contribution >= 4 is 17.3 Å². The van der Waals surface area contributed by atoms with Gasteiger partial charge in [-0.05, 0) is 24.3 Å². The highest BCUT2D eigenvalue weighted by Gasteiger charge is 2.20. The first kappa shape index (κ1) is 14.6. The Morgan fingerprint density at radius 1 is 1.14 bits per heavy atom. The van der Waals surface area contributed by atoms with Crippen LogP contribution in [0, 0.1) is 21.7 Å². The lowest BCUT2D eigenvalue weighted by Crippen LogP contribution is -2.27. The molecule has 0 aliphatic heterocycles. The Balaban J connectivity index is 2.30. The Labute approximate surface area is 118 Å². The van der Waals surface area contributed by atoms with Gasteiger partial charge in [-0.25, -0.2) is 8.78 Å². The molecule has 0 fully saturated rings. The average molecular weight is 292 g/mol. The van der Waals surface area contributed by atoms with Crippen molar-refractivity contribution in [3.05, 3.63) is 69.8 Å². The van der Waals surface area contributed by atoms with Gasteiger partial charge >= 0.3 is 0 Å². The molecular weight excluding hydrogens is 282 g/mol. The molecular formula is C14H10F2N2O3. The Kier molecular flexibility index (Phi) is 3.93. The minimum atomic E-state index is -1.23. The molecule has 0 unspecified atom stereocenters. The Morgan fingerprint density at radius 2 is 1.76 bits per heavy atom. The predicted molar refractivity (Wildman–Crippen MR) is 72.2 cm³/mol. The molecule has 5 nitrogen and oxygen atoms in total. The summed E-state index contributed by atoms with van der Waals surface area (Å²) < 4.78 is 26.7. The van der Waals surface area contributed by atoms with Crippen LogP contribution in [0.2, 0.25) is 0 Å². The van der Waals surface area contributed by atoms with Crippen molar-refractivity contribution in [1.29, 1.82) is 0 Å². The third-order valence-corrected chi connectivity index (χ3v) is 2.93. The molecule has 0 N–H and O–H groups in total. The second-order valence-corrected chi connectivity index (χ2v) is 4.24. The number of carbonyl (C=O) groups is 1. The summed E-state index contributed by atoms with van der Waals surface area (Å²) in [6.45, 7) is 0.